The summed E-state index contributed by atoms with van der Waals surface area (Å²) in [5.41, 5.74) is 1.85. The molecule has 0 atom stereocenters. The monoisotopic (exact) mass is 340 g/mol. The van der Waals surface area contributed by atoms with Crippen molar-refractivity contribution in [2.24, 2.45) is 5.92 Å². The molecule has 1 saturated heterocycles. The molecule has 1 fully saturated rings. The summed E-state index contributed by atoms with van der Waals surface area (Å²) in [5.74, 6) is -1.69. The highest BCUT2D eigenvalue weighted by Crippen LogP contribution is 2.29. The first-order chi connectivity index (χ1) is 10.4. The smallest absolute Gasteiger partial charge is 0.245 e. The third-order valence-corrected chi connectivity index (χ3v) is 6.44. The van der Waals surface area contributed by atoms with E-state index in [4.69, 9.17) is 0 Å². The second-order valence-electron chi connectivity index (χ2n) is 5.34. The fourth-order valence-corrected chi connectivity index (χ4v) is 4.92. The molecule has 0 N–H and O–H groups in total. The Hall–Kier alpha value is -1.58. The van der Waals surface area contributed by atoms with Crippen molar-refractivity contribution in [3.8, 4) is 0 Å². The standard InChI is InChI=1S/C13H15N3O4S2/c1-8-2-3-10(12-11(8)14-21-15-12)22(19,20)16-6-4-9(5-7-16)13(17)18/h2-3,9H,4-7H2,1H3,(H,17,18)/p-1. The van der Waals surface area contributed by atoms with Crippen LogP contribution in [0.4, 0.5) is 0 Å². The van der Waals surface area contributed by atoms with Gasteiger partial charge in [0.25, 0.3) is 0 Å². The van der Waals surface area contributed by atoms with Gasteiger partial charge in [-0.2, -0.15) is 13.1 Å². The highest BCUT2D eigenvalue weighted by atomic mass is 32.2. The average Bonchev–Trinajstić information content (AvgIpc) is 2.97. The number of carboxylic acids is 1. The molecule has 7 nitrogen and oxygen atoms in total. The number of sulfonamides is 1. The average molecular weight is 340 g/mol. The number of aliphatic carboxylic acids is 1. The van der Waals surface area contributed by atoms with E-state index in [1.807, 2.05) is 6.92 Å². The van der Waals surface area contributed by atoms with Gasteiger partial charge in [-0.15, -0.1) is 0 Å². The molecule has 1 aromatic heterocycles. The predicted octanol–water partition coefficient (Wildman–Crippen LogP) is 0.150. The molecule has 22 heavy (non-hydrogen) atoms. The topological polar surface area (TPSA) is 103 Å². The van der Waals surface area contributed by atoms with Crippen LogP contribution in [-0.2, 0) is 14.8 Å². The lowest BCUT2D eigenvalue weighted by atomic mass is 9.99. The van der Waals surface area contributed by atoms with Crippen LogP contribution in [0.2, 0.25) is 0 Å². The number of hydrogen-bond acceptors (Lipinski definition) is 7. The third-order valence-electron chi connectivity index (χ3n) is 3.99. The summed E-state index contributed by atoms with van der Waals surface area (Å²) < 4.78 is 35.1. The zero-order valence-corrected chi connectivity index (χ0v) is 13.5. The number of piperidine rings is 1. The quantitative estimate of drug-likeness (QED) is 0.788. The lowest BCUT2D eigenvalue weighted by molar-refractivity contribution is -0.312. The predicted molar refractivity (Wildman–Crippen MR) is 78.6 cm³/mol. The van der Waals surface area contributed by atoms with Gasteiger partial charge in [0.15, 0.2) is 0 Å². The van der Waals surface area contributed by atoms with Crippen molar-refractivity contribution in [1.82, 2.24) is 13.1 Å². The Morgan fingerprint density at radius 3 is 2.55 bits per heavy atom. The Morgan fingerprint density at radius 1 is 1.27 bits per heavy atom. The van der Waals surface area contributed by atoms with E-state index in [2.05, 4.69) is 8.75 Å². The fourth-order valence-electron chi connectivity index (χ4n) is 2.65. The van der Waals surface area contributed by atoms with Crippen LogP contribution in [0.25, 0.3) is 11.0 Å². The van der Waals surface area contributed by atoms with Gasteiger partial charge in [-0.3, -0.25) is 0 Å². The van der Waals surface area contributed by atoms with E-state index in [0.29, 0.717) is 11.0 Å². The number of carbonyl (C=O) groups excluding carboxylic acids is 1. The van der Waals surface area contributed by atoms with Gasteiger partial charge in [0.2, 0.25) is 10.0 Å². The molecule has 2 aromatic rings. The van der Waals surface area contributed by atoms with Crippen LogP contribution >= 0.6 is 11.7 Å². The Morgan fingerprint density at radius 2 is 1.91 bits per heavy atom. The summed E-state index contributed by atoms with van der Waals surface area (Å²) in [6.45, 7) is 2.20. The lowest BCUT2D eigenvalue weighted by Crippen LogP contribution is -2.43. The Labute approximate surface area is 132 Å². The van der Waals surface area contributed by atoms with E-state index in [1.165, 1.54) is 4.31 Å². The number of nitrogens with zero attached hydrogens (tertiary/aromatic N) is 3. The number of benzene rings is 1. The largest absolute Gasteiger partial charge is 0.550 e. The first kappa shape index (κ1) is 15.3. The molecule has 1 aliphatic rings. The molecule has 0 radical (unpaired) electrons. The molecule has 118 valence electrons. The Kier molecular flexibility index (Phi) is 3.87. The normalized spacial score (nSPS) is 17.9. The highest BCUT2D eigenvalue weighted by molar-refractivity contribution is 7.89. The van der Waals surface area contributed by atoms with E-state index < -0.39 is 21.9 Å². The number of aromatic nitrogens is 2. The maximum atomic E-state index is 12.8. The Balaban J connectivity index is 1.95. The van der Waals surface area contributed by atoms with E-state index in [9.17, 15) is 18.3 Å². The van der Waals surface area contributed by atoms with Gasteiger partial charge in [-0.1, -0.05) is 6.07 Å². The molecule has 3 rings (SSSR count). The zero-order valence-electron chi connectivity index (χ0n) is 11.9. The molecule has 9 heteroatoms. The maximum Gasteiger partial charge on any atom is 0.245 e. The Bertz CT molecular complexity index is 823. The van der Waals surface area contributed by atoms with Crippen LogP contribution < -0.4 is 5.11 Å². The minimum absolute atomic E-state index is 0.133. The second-order valence-corrected chi connectivity index (χ2v) is 7.77. The van der Waals surface area contributed by atoms with Crippen molar-refractivity contribution < 1.29 is 18.3 Å². The number of carbonyl (C=O) groups is 1. The molecule has 0 bridgehead atoms. The van der Waals surface area contributed by atoms with Crippen molar-refractivity contribution in [3.05, 3.63) is 17.7 Å². The summed E-state index contributed by atoms with van der Waals surface area (Å²) in [6.07, 6.45) is 0.539. The number of fused-ring (bicyclic) bond motifs is 1. The van der Waals surface area contributed by atoms with Crippen LogP contribution in [-0.4, -0.2) is 40.5 Å². The van der Waals surface area contributed by atoms with Gasteiger partial charge >= 0.3 is 0 Å². The van der Waals surface area contributed by atoms with Crippen LogP contribution in [0.5, 0.6) is 0 Å². The zero-order chi connectivity index (χ0) is 15.9. The number of hydrogen-bond donors (Lipinski definition) is 0. The van der Waals surface area contributed by atoms with E-state index in [-0.39, 0.29) is 30.8 Å². The molecule has 0 aliphatic carbocycles. The molecule has 1 aromatic carbocycles. The molecule has 0 amide bonds. The van der Waals surface area contributed by atoms with E-state index in [0.717, 1.165) is 17.3 Å². The van der Waals surface area contributed by atoms with Gasteiger partial charge in [0.1, 0.15) is 15.9 Å². The van der Waals surface area contributed by atoms with Gasteiger partial charge in [0, 0.05) is 25.0 Å². The molecular weight excluding hydrogens is 326 g/mol. The molecule has 0 spiro atoms. The van der Waals surface area contributed by atoms with Gasteiger partial charge in [0.05, 0.1) is 11.7 Å². The number of carboxylic acid groups (broad SMARTS) is 1. The van der Waals surface area contributed by atoms with Crippen LogP contribution in [0.1, 0.15) is 18.4 Å². The van der Waals surface area contributed by atoms with E-state index in [1.54, 1.807) is 12.1 Å². The summed E-state index contributed by atoms with van der Waals surface area (Å²) >= 11 is 0.979. The lowest BCUT2D eigenvalue weighted by Gasteiger charge is -2.31. The molecule has 0 saturated carbocycles. The van der Waals surface area contributed by atoms with Crippen LogP contribution in [0, 0.1) is 12.8 Å². The summed E-state index contributed by atoms with van der Waals surface area (Å²) in [6, 6.07) is 3.25. The highest BCUT2D eigenvalue weighted by Gasteiger charge is 2.31. The number of rotatable bonds is 3. The molecule has 1 aliphatic heterocycles. The van der Waals surface area contributed by atoms with Gasteiger partial charge < -0.3 is 9.90 Å². The first-order valence-corrected chi connectivity index (χ1v) is 9.01. The third kappa shape index (κ3) is 2.49. The van der Waals surface area contributed by atoms with E-state index >= 15 is 0 Å². The van der Waals surface area contributed by atoms with Crippen LogP contribution in [0.3, 0.4) is 0 Å². The van der Waals surface area contributed by atoms with Crippen molar-refractivity contribution in [1.29, 1.82) is 0 Å². The summed E-state index contributed by atoms with van der Waals surface area (Å²) in [5, 5.41) is 10.9. The minimum atomic E-state index is -3.70. The fraction of sp³-hybridized carbons (Fsp3) is 0.462. The maximum absolute atomic E-state index is 12.8. The summed E-state index contributed by atoms with van der Waals surface area (Å²) in [4.78, 5) is 11.0. The minimum Gasteiger partial charge on any atom is -0.550 e. The summed E-state index contributed by atoms with van der Waals surface area (Å²) in [7, 11) is -3.70. The van der Waals surface area contributed by atoms with Crippen molar-refractivity contribution in [2.45, 2.75) is 24.7 Å². The number of aryl methyl sites for hydroxylation is 1. The van der Waals surface area contributed by atoms with Crippen molar-refractivity contribution in [2.75, 3.05) is 13.1 Å². The molecule has 0 unspecified atom stereocenters. The first-order valence-electron chi connectivity index (χ1n) is 6.84. The SMILES string of the molecule is Cc1ccc(S(=O)(=O)N2CCC(C(=O)[O-])CC2)c2nsnc12. The van der Waals surface area contributed by atoms with Crippen molar-refractivity contribution in [3.63, 3.8) is 0 Å². The van der Waals surface area contributed by atoms with Crippen LogP contribution in [0.15, 0.2) is 17.0 Å². The van der Waals surface area contributed by atoms with Gasteiger partial charge in [-0.25, -0.2) is 8.42 Å². The van der Waals surface area contributed by atoms with Gasteiger partial charge in [-0.05, 0) is 31.4 Å². The molecular formula is C13H14N3O4S2-. The van der Waals surface area contributed by atoms with Crippen molar-refractivity contribution >= 4 is 38.8 Å². The molecule has 2 heterocycles. The second kappa shape index (κ2) is 5.56.